The highest BCUT2D eigenvalue weighted by Crippen LogP contribution is 1.87. The topological polar surface area (TPSA) is 137 Å². The van der Waals surface area contributed by atoms with Crippen LogP contribution in [0.3, 0.4) is 0 Å². The van der Waals surface area contributed by atoms with Crippen LogP contribution in [0.15, 0.2) is 0 Å². The second kappa shape index (κ2) is 23.2. The highest BCUT2D eigenvalue weighted by molar-refractivity contribution is 7.80. The monoisotopic (exact) mass is 464 g/mol. The summed E-state index contributed by atoms with van der Waals surface area (Å²) in [5.41, 5.74) is 0. The fourth-order valence-corrected chi connectivity index (χ4v) is 2.04. The van der Waals surface area contributed by atoms with Crippen molar-refractivity contribution < 1.29 is 55.0 Å². The molecule has 1 N–H and O–H groups in total. The molecule has 30 heavy (non-hydrogen) atoms. The van der Waals surface area contributed by atoms with Gasteiger partial charge >= 0.3 is 10.4 Å². The van der Waals surface area contributed by atoms with E-state index in [9.17, 15) is 8.42 Å². The highest BCUT2D eigenvalue weighted by atomic mass is 32.3. The standard InChI is InChI=1S/C17H36O12S/c1-21-2-3-22-4-5-23-6-7-24-8-9-25-10-11-26-12-13-27-14-15-28-16-17-29-30(18,19)20/h2-17H2,1H3,(H,18,19,20). The van der Waals surface area contributed by atoms with E-state index < -0.39 is 10.4 Å². The maximum atomic E-state index is 10.3. The zero-order valence-electron chi connectivity index (χ0n) is 17.7. The molecule has 0 aliphatic heterocycles. The lowest BCUT2D eigenvalue weighted by molar-refractivity contribution is -0.0227. The maximum absolute atomic E-state index is 10.3. The third-order valence-corrected chi connectivity index (χ3v) is 3.59. The number of ether oxygens (including phenoxy) is 8. The fraction of sp³-hybridized carbons (Fsp3) is 1.00. The van der Waals surface area contributed by atoms with E-state index >= 15 is 0 Å². The summed E-state index contributed by atoms with van der Waals surface area (Å²) in [5.74, 6) is 0. The lowest BCUT2D eigenvalue weighted by Crippen LogP contribution is -2.15. The van der Waals surface area contributed by atoms with Crippen molar-refractivity contribution in [2.75, 3.05) is 113 Å². The summed E-state index contributed by atoms with van der Waals surface area (Å²) in [4.78, 5) is 0. The molecular formula is C17H36O12S. The van der Waals surface area contributed by atoms with E-state index in [1.165, 1.54) is 0 Å². The van der Waals surface area contributed by atoms with Crippen LogP contribution in [0.25, 0.3) is 0 Å². The highest BCUT2D eigenvalue weighted by Gasteiger charge is 2.02. The Kier molecular flexibility index (Phi) is 22.9. The van der Waals surface area contributed by atoms with Gasteiger partial charge in [-0.3, -0.25) is 4.55 Å². The van der Waals surface area contributed by atoms with Crippen molar-refractivity contribution in [1.29, 1.82) is 0 Å². The van der Waals surface area contributed by atoms with Gasteiger partial charge in [-0.2, -0.15) is 8.42 Å². The normalized spacial score (nSPS) is 11.9. The molecule has 0 amide bonds. The van der Waals surface area contributed by atoms with Crippen LogP contribution in [0, 0.1) is 0 Å². The third-order valence-electron chi connectivity index (χ3n) is 3.12. The van der Waals surface area contributed by atoms with Crippen molar-refractivity contribution in [2.24, 2.45) is 0 Å². The molecule has 0 aliphatic carbocycles. The van der Waals surface area contributed by atoms with Gasteiger partial charge in [0, 0.05) is 7.11 Å². The van der Waals surface area contributed by atoms with Gasteiger partial charge in [0.1, 0.15) is 0 Å². The van der Waals surface area contributed by atoms with Gasteiger partial charge in [0.05, 0.1) is 106 Å². The van der Waals surface area contributed by atoms with Crippen molar-refractivity contribution in [2.45, 2.75) is 0 Å². The Hall–Kier alpha value is -0.450. The van der Waals surface area contributed by atoms with Crippen LogP contribution in [0.1, 0.15) is 0 Å². The summed E-state index contributed by atoms with van der Waals surface area (Å²) >= 11 is 0. The molecule has 12 nitrogen and oxygen atoms in total. The predicted octanol–water partition coefficient (Wildman–Crippen LogP) is -0.432. The summed E-state index contributed by atoms with van der Waals surface area (Å²) in [7, 11) is -2.78. The predicted molar refractivity (Wildman–Crippen MR) is 105 cm³/mol. The molecule has 0 rings (SSSR count). The van der Waals surface area contributed by atoms with E-state index in [0.29, 0.717) is 85.9 Å². The lowest BCUT2D eigenvalue weighted by Gasteiger charge is -2.08. The second-order valence-corrected chi connectivity index (χ2v) is 6.62. The van der Waals surface area contributed by atoms with Crippen LogP contribution in [0.4, 0.5) is 0 Å². The number of hydrogen-bond acceptors (Lipinski definition) is 11. The average Bonchev–Trinajstić information content (AvgIpc) is 2.70. The molecule has 0 aromatic rings. The van der Waals surface area contributed by atoms with Crippen molar-refractivity contribution in [3.63, 3.8) is 0 Å². The lowest BCUT2D eigenvalue weighted by atomic mass is 10.6. The molecule has 0 aromatic carbocycles. The van der Waals surface area contributed by atoms with Gasteiger partial charge in [0.25, 0.3) is 0 Å². The van der Waals surface area contributed by atoms with Gasteiger partial charge in [-0.05, 0) is 0 Å². The van der Waals surface area contributed by atoms with Gasteiger partial charge in [0.2, 0.25) is 0 Å². The molecule has 13 heteroatoms. The van der Waals surface area contributed by atoms with Crippen LogP contribution >= 0.6 is 0 Å². The van der Waals surface area contributed by atoms with E-state index in [1.807, 2.05) is 0 Å². The summed E-state index contributed by atoms with van der Waals surface area (Å²) in [6, 6.07) is 0. The van der Waals surface area contributed by atoms with Gasteiger partial charge in [-0.1, -0.05) is 0 Å². The van der Waals surface area contributed by atoms with Crippen LogP contribution in [-0.4, -0.2) is 126 Å². The van der Waals surface area contributed by atoms with E-state index in [4.69, 9.17) is 42.4 Å². The Bertz CT molecular complexity index is 434. The van der Waals surface area contributed by atoms with Gasteiger partial charge in [-0.25, -0.2) is 4.18 Å². The van der Waals surface area contributed by atoms with Gasteiger partial charge in [-0.15, -0.1) is 0 Å². The second-order valence-electron chi connectivity index (χ2n) is 5.53. The first-order valence-corrected chi connectivity index (χ1v) is 11.1. The Labute approximate surface area is 178 Å². The van der Waals surface area contributed by atoms with Crippen molar-refractivity contribution in [1.82, 2.24) is 0 Å². The van der Waals surface area contributed by atoms with E-state index in [-0.39, 0.29) is 19.8 Å². The van der Waals surface area contributed by atoms with Gasteiger partial charge < -0.3 is 37.9 Å². The SMILES string of the molecule is COCCOCCOCCOCCOCCOCCOCCOCCOS(=O)(=O)O. The van der Waals surface area contributed by atoms with E-state index in [0.717, 1.165) is 0 Å². The first kappa shape index (κ1) is 29.5. The Balaban J connectivity index is 3.03. The quantitative estimate of drug-likeness (QED) is 0.139. The molecule has 0 atom stereocenters. The molecule has 0 aromatic heterocycles. The zero-order valence-corrected chi connectivity index (χ0v) is 18.5. The fourth-order valence-electron chi connectivity index (χ4n) is 1.76. The Morgan fingerprint density at radius 1 is 0.467 bits per heavy atom. The Morgan fingerprint density at radius 2 is 0.700 bits per heavy atom. The summed E-state index contributed by atoms with van der Waals surface area (Å²) in [6.07, 6.45) is 0. The minimum atomic E-state index is -4.41. The molecule has 0 saturated carbocycles. The minimum absolute atomic E-state index is 0.0397. The van der Waals surface area contributed by atoms with Crippen LogP contribution in [-0.2, 0) is 52.5 Å². The smallest absolute Gasteiger partial charge is 0.382 e. The van der Waals surface area contributed by atoms with Crippen molar-refractivity contribution in [3.05, 3.63) is 0 Å². The largest absolute Gasteiger partial charge is 0.397 e. The number of hydrogen-bond donors (Lipinski definition) is 1. The Morgan fingerprint density at radius 3 is 0.933 bits per heavy atom. The van der Waals surface area contributed by atoms with Crippen LogP contribution in [0.5, 0.6) is 0 Å². The molecule has 0 saturated heterocycles. The van der Waals surface area contributed by atoms with E-state index in [1.54, 1.807) is 7.11 Å². The first-order chi connectivity index (χ1) is 14.6. The molecule has 0 fully saturated rings. The van der Waals surface area contributed by atoms with E-state index in [2.05, 4.69) is 4.18 Å². The molecule has 0 spiro atoms. The molecule has 182 valence electrons. The molecule has 0 heterocycles. The van der Waals surface area contributed by atoms with Crippen molar-refractivity contribution >= 4 is 10.4 Å². The van der Waals surface area contributed by atoms with Crippen molar-refractivity contribution in [3.8, 4) is 0 Å². The molecule has 0 radical (unpaired) electrons. The summed E-state index contributed by atoms with van der Waals surface area (Å²) in [5, 5.41) is 0. The third kappa shape index (κ3) is 27.5. The molecule has 0 bridgehead atoms. The number of rotatable bonds is 25. The first-order valence-electron chi connectivity index (χ1n) is 9.71. The summed E-state index contributed by atoms with van der Waals surface area (Å²) < 4.78 is 74.8. The number of methoxy groups -OCH3 is 1. The van der Waals surface area contributed by atoms with Crippen LogP contribution in [0.2, 0.25) is 0 Å². The van der Waals surface area contributed by atoms with Crippen LogP contribution < -0.4 is 0 Å². The summed E-state index contributed by atoms with van der Waals surface area (Å²) in [6.45, 7) is 6.40. The molecular weight excluding hydrogens is 428 g/mol. The minimum Gasteiger partial charge on any atom is -0.382 e. The van der Waals surface area contributed by atoms with Gasteiger partial charge in [0.15, 0.2) is 0 Å². The zero-order chi connectivity index (χ0) is 22.2. The maximum Gasteiger partial charge on any atom is 0.397 e. The molecule has 0 unspecified atom stereocenters. The average molecular weight is 465 g/mol. The molecule has 0 aliphatic rings.